The van der Waals surface area contributed by atoms with Crippen LogP contribution in [0.2, 0.25) is 0 Å². The number of ether oxygens (including phenoxy) is 1. The van der Waals surface area contributed by atoms with Gasteiger partial charge in [-0.1, -0.05) is 24.3 Å². The molecule has 1 N–H and O–H groups in total. The van der Waals surface area contributed by atoms with Gasteiger partial charge in [0.1, 0.15) is 11.7 Å². The number of methoxy groups -OCH3 is 1. The average Bonchev–Trinajstić information content (AvgIpc) is 2.47. The molecule has 1 aliphatic heterocycles. The van der Waals surface area contributed by atoms with Crippen LogP contribution in [0.15, 0.2) is 42.5 Å². The van der Waals surface area contributed by atoms with E-state index in [1.807, 2.05) is 48.3 Å². The first kappa shape index (κ1) is 12.5. The molecule has 20 heavy (non-hydrogen) atoms. The van der Waals surface area contributed by atoms with Crippen molar-refractivity contribution in [2.75, 3.05) is 19.1 Å². The molecule has 4 nitrogen and oxygen atoms in total. The number of aliphatic carboxylic acids is 1. The standard InChI is InChI=1S/C16H15NO3/c1-17-13-6-4-3-5-11(13)15(16(18)19)12-8-7-10(20-2)9-14(12)17/h3-9,15H,1-2H3,(H,18,19). The first-order valence-electron chi connectivity index (χ1n) is 6.37. The van der Waals surface area contributed by atoms with Gasteiger partial charge in [0.2, 0.25) is 0 Å². The predicted octanol–water partition coefficient (Wildman–Crippen LogP) is 2.99. The maximum Gasteiger partial charge on any atom is 0.315 e. The summed E-state index contributed by atoms with van der Waals surface area (Å²) in [6.07, 6.45) is 0. The highest BCUT2D eigenvalue weighted by molar-refractivity contribution is 5.90. The van der Waals surface area contributed by atoms with E-state index in [1.54, 1.807) is 13.2 Å². The third-order valence-electron chi connectivity index (χ3n) is 3.77. The number of carbonyl (C=O) groups is 1. The Morgan fingerprint density at radius 1 is 1.15 bits per heavy atom. The molecule has 1 aliphatic rings. The summed E-state index contributed by atoms with van der Waals surface area (Å²) in [6, 6.07) is 13.1. The molecule has 4 heteroatoms. The van der Waals surface area contributed by atoms with Gasteiger partial charge in [-0.05, 0) is 23.3 Å². The Labute approximate surface area is 117 Å². The smallest absolute Gasteiger partial charge is 0.315 e. The highest BCUT2D eigenvalue weighted by Crippen LogP contribution is 2.45. The van der Waals surface area contributed by atoms with E-state index in [2.05, 4.69) is 0 Å². The third-order valence-corrected chi connectivity index (χ3v) is 3.77. The molecule has 2 aromatic carbocycles. The molecule has 0 aromatic heterocycles. The second kappa shape index (κ2) is 4.56. The summed E-state index contributed by atoms with van der Waals surface area (Å²) in [6.45, 7) is 0. The van der Waals surface area contributed by atoms with Crippen molar-refractivity contribution in [3.05, 3.63) is 53.6 Å². The first-order chi connectivity index (χ1) is 9.63. The van der Waals surface area contributed by atoms with Gasteiger partial charge in [0, 0.05) is 24.5 Å². The molecule has 0 aliphatic carbocycles. The van der Waals surface area contributed by atoms with E-state index in [-0.39, 0.29) is 0 Å². The van der Waals surface area contributed by atoms with Crippen LogP contribution in [0.1, 0.15) is 17.0 Å². The Hall–Kier alpha value is -2.49. The van der Waals surface area contributed by atoms with E-state index in [1.165, 1.54) is 0 Å². The lowest BCUT2D eigenvalue weighted by Crippen LogP contribution is -2.25. The van der Waals surface area contributed by atoms with Crippen LogP contribution in [0, 0.1) is 0 Å². The van der Waals surface area contributed by atoms with Crippen molar-refractivity contribution in [3.8, 4) is 5.75 Å². The minimum absolute atomic E-state index is 0.636. The lowest BCUT2D eigenvalue weighted by atomic mass is 9.85. The normalized spacial score (nSPS) is 16.3. The summed E-state index contributed by atoms with van der Waals surface area (Å²) in [4.78, 5) is 13.7. The number of carboxylic acid groups (broad SMARTS) is 1. The quantitative estimate of drug-likeness (QED) is 0.910. The number of fused-ring (bicyclic) bond motifs is 2. The van der Waals surface area contributed by atoms with E-state index in [9.17, 15) is 9.90 Å². The summed E-state index contributed by atoms with van der Waals surface area (Å²) in [5.41, 5.74) is 3.40. The molecule has 0 amide bonds. The monoisotopic (exact) mass is 269 g/mol. The Bertz CT molecular complexity index is 681. The van der Waals surface area contributed by atoms with Crippen LogP contribution in [0.25, 0.3) is 0 Å². The fraction of sp³-hybridized carbons (Fsp3) is 0.188. The second-order valence-corrected chi connectivity index (χ2v) is 4.81. The minimum Gasteiger partial charge on any atom is -0.497 e. The maximum atomic E-state index is 11.7. The number of hydrogen-bond donors (Lipinski definition) is 1. The molecule has 0 fully saturated rings. The summed E-state index contributed by atoms with van der Waals surface area (Å²) in [5.74, 6) is -0.751. The van der Waals surface area contributed by atoms with Gasteiger partial charge in [-0.15, -0.1) is 0 Å². The molecule has 0 saturated heterocycles. The lowest BCUT2D eigenvalue weighted by Gasteiger charge is -2.33. The van der Waals surface area contributed by atoms with Crippen molar-refractivity contribution in [1.29, 1.82) is 0 Å². The molecule has 3 rings (SSSR count). The fourth-order valence-corrected chi connectivity index (χ4v) is 2.79. The number of benzene rings is 2. The van der Waals surface area contributed by atoms with Crippen molar-refractivity contribution in [2.24, 2.45) is 0 Å². The van der Waals surface area contributed by atoms with Gasteiger partial charge < -0.3 is 14.7 Å². The highest BCUT2D eigenvalue weighted by Gasteiger charge is 2.33. The zero-order chi connectivity index (χ0) is 14.3. The molecular weight excluding hydrogens is 254 g/mol. The largest absolute Gasteiger partial charge is 0.497 e. The van der Waals surface area contributed by atoms with Crippen LogP contribution in [0.3, 0.4) is 0 Å². The molecule has 0 spiro atoms. The van der Waals surface area contributed by atoms with Gasteiger partial charge in [-0.3, -0.25) is 4.79 Å². The summed E-state index contributed by atoms with van der Waals surface area (Å²) >= 11 is 0. The van der Waals surface area contributed by atoms with Crippen LogP contribution in [0.4, 0.5) is 11.4 Å². The first-order valence-corrected chi connectivity index (χ1v) is 6.37. The van der Waals surface area contributed by atoms with Gasteiger partial charge in [0.05, 0.1) is 7.11 Å². The van der Waals surface area contributed by atoms with Crippen LogP contribution in [-0.2, 0) is 4.79 Å². The van der Waals surface area contributed by atoms with Crippen LogP contribution < -0.4 is 9.64 Å². The Morgan fingerprint density at radius 2 is 1.85 bits per heavy atom. The van der Waals surface area contributed by atoms with Gasteiger partial charge >= 0.3 is 5.97 Å². The molecule has 102 valence electrons. The molecule has 1 atom stereocenters. The van der Waals surface area contributed by atoms with E-state index in [0.717, 1.165) is 28.3 Å². The second-order valence-electron chi connectivity index (χ2n) is 4.81. The highest BCUT2D eigenvalue weighted by atomic mass is 16.5. The van der Waals surface area contributed by atoms with Gasteiger partial charge in [-0.25, -0.2) is 0 Å². The van der Waals surface area contributed by atoms with E-state index in [4.69, 9.17) is 4.74 Å². The van der Waals surface area contributed by atoms with Crippen molar-refractivity contribution >= 4 is 17.3 Å². The lowest BCUT2D eigenvalue weighted by molar-refractivity contribution is -0.137. The van der Waals surface area contributed by atoms with Crippen molar-refractivity contribution in [2.45, 2.75) is 5.92 Å². The number of rotatable bonds is 2. The topological polar surface area (TPSA) is 49.8 Å². The SMILES string of the molecule is COc1ccc2c(c1)N(C)c1ccccc1C2C(=O)O. The van der Waals surface area contributed by atoms with Crippen molar-refractivity contribution in [1.82, 2.24) is 0 Å². The van der Waals surface area contributed by atoms with Crippen molar-refractivity contribution < 1.29 is 14.6 Å². The fourth-order valence-electron chi connectivity index (χ4n) is 2.79. The molecule has 0 bridgehead atoms. The van der Waals surface area contributed by atoms with Crippen LogP contribution >= 0.6 is 0 Å². The Morgan fingerprint density at radius 3 is 2.55 bits per heavy atom. The molecule has 1 heterocycles. The van der Waals surface area contributed by atoms with Crippen LogP contribution in [0.5, 0.6) is 5.75 Å². The Kier molecular flexibility index (Phi) is 2.86. The minimum atomic E-state index is -0.836. The zero-order valence-corrected chi connectivity index (χ0v) is 11.3. The molecular formula is C16H15NO3. The van der Waals surface area contributed by atoms with Gasteiger partial charge in [0.25, 0.3) is 0 Å². The Balaban J connectivity index is 2.26. The van der Waals surface area contributed by atoms with E-state index in [0.29, 0.717) is 0 Å². The number of carboxylic acids is 1. The number of hydrogen-bond acceptors (Lipinski definition) is 3. The summed E-state index contributed by atoms with van der Waals surface area (Å²) in [7, 11) is 3.54. The molecule has 0 radical (unpaired) electrons. The van der Waals surface area contributed by atoms with E-state index >= 15 is 0 Å². The third kappa shape index (κ3) is 1.72. The van der Waals surface area contributed by atoms with Crippen molar-refractivity contribution in [3.63, 3.8) is 0 Å². The zero-order valence-electron chi connectivity index (χ0n) is 11.3. The summed E-state index contributed by atoms with van der Waals surface area (Å²) in [5, 5.41) is 9.59. The maximum absolute atomic E-state index is 11.7. The van der Waals surface area contributed by atoms with Gasteiger partial charge in [-0.2, -0.15) is 0 Å². The number of nitrogens with zero attached hydrogens (tertiary/aromatic N) is 1. The van der Waals surface area contributed by atoms with Gasteiger partial charge in [0.15, 0.2) is 0 Å². The number of anilines is 2. The van der Waals surface area contributed by atoms with Crippen LogP contribution in [-0.4, -0.2) is 25.2 Å². The van der Waals surface area contributed by atoms with E-state index < -0.39 is 11.9 Å². The average molecular weight is 269 g/mol. The molecule has 1 unspecified atom stereocenters. The predicted molar refractivity (Wildman–Crippen MR) is 77.0 cm³/mol. The summed E-state index contributed by atoms with van der Waals surface area (Å²) < 4.78 is 5.24. The number of para-hydroxylation sites is 1. The molecule has 0 saturated carbocycles. The molecule has 2 aromatic rings.